The summed E-state index contributed by atoms with van der Waals surface area (Å²) in [5.74, 6) is -2.68. The van der Waals surface area contributed by atoms with Gasteiger partial charge in [0.1, 0.15) is 0 Å². The summed E-state index contributed by atoms with van der Waals surface area (Å²) in [7, 11) is -8.04. The van der Waals surface area contributed by atoms with Crippen LogP contribution in [0, 0.1) is 0 Å². The monoisotopic (exact) mass is 630 g/mol. The molecule has 0 aliphatic heterocycles. The van der Waals surface area contributed by atoms with Gasteiger partial charge in [0.05, 0.1) is 24.3 Å². The first-order valence-corrected chi connectivity index (χ1v) is 18.2. The Hall–Kier alpha value is 0.840. The molecule has 0 radical (unpaired) electrons. The maximum atomic E-state index is 12.0. The maximum Gasteiger partial charge on any atom is 1.00 e. The average Bonchev–Trinajstić information content (AvgIpc) is 2.84. The smallest absolute Gasteiger partial charge is 1.00 e. The second-order valence-electron chi connectivity index (χ2n) is 10.3. The third-order valence-corrected chi connectivity index (χ3v) is 8.93. The largest absolute Gasteiger partial charge is 1.00 e. The molecule has 0 heterocycles. The molecule has 8 nitrogen and oxygen atoms in total. The minimum absolute atomic E-state index is 0. The molecule has 0 unspecified atom stereocenters. The fraction of sp³-hybridized carbons (Fsp3) is 0.929. The molecule has 0 N–H and O–H groups in total. The molecule has 0 aliphatic rings. The summed E-state index contributed by atoms with van der Waals surface area (Å²) in [5, 5.41) is 0. The number of unbranched alkanes of at least 4 members (excludes halogenated alkanes) is 18. The SMILES string of the molecule is CCCCCCCCCCCCS(=O)(=O)OC(=O)CCC(=O)OS(=O)(=O)CCCCCCCCCCCC.[H-].[H-].[Na+].[Na+]. The fourth-order valence-electron chi connectivity index (χ4n) is 4.19. The van der Waals surface area contributed by atoms with E-state index in [1.54, 1.807) is 0 Å². The van der Waals surface area contributed by atoms with Crippen LogP contribution in [0.5, 0.6) is 0 Å². The Morgan fingerprint density at radius 2 is 0.675 bits per heavy atom. The Labute approximate surface area is 293 Å². The van der Waals surface area contributed by atoms with Crippen LogP contribution in [0.2, 0.25) is 0 Å². The first kappa shape index (κ1) is 45.3. The van der Waals surface area contributed by atoms with Gasteiger partial charge in [0.25, 0.3) is 0 Å². The molecule has 0 bridgehead atoms. The van der Waals surface area contributed by atoms with E-state index in [-0.39, 0.29) is 73.5 Å². The van der Waals surface area contributed by atoms with Crippen LogP contribution in [-0.4, -0.2) is 40.3 Å². The van der Waals surface area contributed by atoms with Gasteiger partial charge in [-0.2, -0.15) is 16.8 Å². The van der Waals surface area contributed by atoms with Gasteiger partial charge < -0.3 is 11.2 Å². The van der Waals surface area contributed by atoms with Gasteiger partial charge in [-0.15, -0.1) is 0 Å². The molecule has 0 spiro atoms. The van der Waals surface area contributed by atoms with Crippen LogP contribution in [0.1, 0.15) is 158 Å². The molecule has 0 saturated heterocycles. The fourth-order valence-corrected chi connectivity index (χ4v) is 6.20. The van der Waals surface area contributed by atoms with E-state index in [0.29, 0.717) is 12.8 Å². The second kappa shape index (κ2) is 29.9. The van der Waals surface area contributed by atoms with Crippen LogP contribution in [-0.2, 0) is 38.2 Å². The van der Waals surface area contributed by atoms with Gasteiger partial charge in [-0.05, 0) is 12.8 Å². The van der Waals surface area contributed by atoms with E-state index in [9.17, 15) is 26.4 Å². The predicted octanol–water partition coefficient (Wildman–Crippen LogP) is 1.59. The van der Waals surface area contributed by atoms with E-state index < -0.39 is 45.0 Å². The molecule has 40 heavy (non-hydrogen) atoms. The summed E-state index contributed by atoms with van der Waals surface area (Å²) >= 11 is 0. The molecular formula is C28H56Na2O8S2. The number of hydrogen-bond acceptors (Lipinski definition) is 8. The van der Waals surface area contributed by atoms with Crippen molar-refractivity contribution in [1.29, 1.82) is 0 Å². The second-order valence-corrected chi connectivity index (χ2v) is 13.7. The van der Waals surface area contributed by atoms with Gasteiger partial charge in [0.15, 0.2) is 0 Å². The molecule has 0 saturated carbocycles. The Balaban J connectivity index is -0.00000114. The zero-order valence-electron chi connectivity index (χ0n) is 28.1. The van der Waals surface area contributed by atoms with E-state index in [0.717, 1.165) is 51.4 Å². The van der Waals surface area contributed by atoms with Crippen LogP contribution in [0.25, 0.3) is 0 Å². The predicted molar refractivity (Wildman–Crippen MR) is 155 cm³/mol. The van der Waals surface area contributed by atoms with Crippen molar-refractivity contribution in [3.8, 4) is 0 Å². The molecule has 0 aromatic carbocycles. The summed E-state index contributed by atoms with van der Waals surface area (Å²) in [5.41, 5.74) is 0. The van der Waals surface area contributed by atoms with Gasteiger partial charge in [0, 0.05) is 0 Å². The topological polar surface area (TPSA) is 121 Å². The third-order valence-electron chi connectivity index (χ3n) is 6.47. The van der Waals surface area contributed by atoms with E-state index in [1.165, 1.54) is 64.2 Å². The summed E-state index contributed by atoms with van der Waals surface area (Å²) in [6.45, 7) is 4.37. The van der Waals surface area contributed by atoms with Crippen LogP contribution in [0.3, 0.4) is 0 Å². The summed E-state index contributed by atoms with van der Waals surface area (Å²) in [6.07, 6.45) is 20.0. The number of carbonyl (C=O) groups is 2. The minimum Gasteiger partial charge on any atom is -1.00 e. The van der Waals surface area contributed by atoms with Crippen molar-refractivity contribution < 1.29 is 96.8 Å². The molecule has 0 aromatic rings. The normalized spacial score (nSPS) is 11.3. The summed E-state index contributed by atoms with van der Waals surface area (Å²) in [4.78, 5) is 23.6. The van der Waals surface area contributed by atoms with Crippen molar-refractivity contribution in [2.75, 3.05) is 11.5 Å². The minimum atomic E-state index is -4.02. The van der Waals surface area contributed by atoms with Gasteiger partial charge in [-0.25, -0.2) is 0 Å². The molecule has 0 rings (SSSR count). The number of rotatable bonds is 27. The van der Waals surface area contributed by atoms with Crippen molar-refractivity contribution in [2.45, 2.75) is 155 Å². The van der Waals surface area contributed by atoms with E-state index in [4.69, 9.17) is 0 Å². The van der Waals surface area contributed by atoms with Crippen LogP contribution in [0.4, 0.5) is 0 Å². The van der Waals surface area contributed by atoms with Crippen LogP contribution in [0.15, 0.2) is 0 Å². The molecule has 0 aromatic heterocycles. The zero-order chi connectivity index (χ0) is 28.5. The Morgan fingerprint density at radius 1 is 0.450 bits per heavy atom. The molecular weight excluding hydrogens is 574 g/mol. The first-order valence-electron chi connectivity index (χ1n) is 15.0. The maximum absolute atomic E-state index is 12.0. The van der Waals surface area contributed by atoms with E-state index in [2.05, 4.69) is 22.2 Å². The van der Waals surface area contributed by atoms with Gasteiger partial charge in [-0.3, -0.25) is 9.59 Å². The summed E-state index contributed by atoms with van der Waals surface area (Å²) < 4.78 is 56.9. The molecule has 0 amide bonds. The number of hydrogen-bond donors (Lipinski definition) is 0. The molecule has 0 atom stereocenters. The van der Waals surface area contributed by atoms with Gasteiger partial charge in [0.2, 0.25) is 0 Å². The van der Waals surface area contributed by atoms with Crippen molar-refractivity contribution >= 4 is 32.2 Å². The molecule has 0 aliphatic carbocycles. The third kappa shape index (κ3) is 31.8. The van der Waals surface area contributed by atoms with Crippen molar-refractivity contribution in [3.05, 3.63) is 0 Å². The molecule has 230 valence electrons. The van der Waals surface area contributed by atoms with E-state index >= 15 is 0 Å². The standard InChI is InChI=1S/C28H54O8S2.2Na.2H/c1-3-5-7-9-11-13-15-17-19-21-25-37(31,32)35-27(29)23-24-28(30)36-38(33,34)26-22-20-18-16-14-12-10-8-6-4-2;;;;/h3-26H2,1-2H3;;;;/q;2*+1;2*-1. The Bertz CT molecular complexity index is 762. The van der Waals surface area contributed by atoms with Gasteiger partial charge >= 0.3 is 91.3 Å². The number of carbonyl (C=O) groups excluding carboxylic acids is 2. The quantitative estimate of drug-likeness (QED) is 0.0763. The Morgan fingerprint density at radius 3 is 0.925 bits per heavy atom. The average molecular weight is 631 g/mol. The first-order chi connectivity index (χ1) is 18.1. The Kier molecular flexibility index (Phi) is 33.8. The van der Waals surface area contributed by atoms with Crippen LogP contribution < -0.4 is 59.1 Å². The molecule has 12 heteroatoms. The van der Waals surface area contributed by atoms with Crippen LogP contribution >= 0.6 is 0 Å². The van der Waals surface area contributed by atoms with E-state index in [1.807, 2.05) is 0 Å². The van der Waals surface area contributed by atoms with Crippen molar-refractivity contribution in [1.82, 2.24) is 0 Å². The summed E-state index contributed by atoms with van der Waals surface area (Å²) in [6, 6.07) is 0. The zero-order valence-corrected chi connectivity index (χ0v) is 31.7. The van der Waals surface area contributed by atoms with Crippen molar-refractivity contribution in [3.63, 3.8) is 0 Å². The van der Waals surface area contributed by atoms with Crippen molar-refractivity contribution in [2.24, 2.45) is 0 Å². The molecule has 0 fully saturated rings. The van der Waals surface area contributed by atoms with Gasteiger partial charge in [-0.1, -0.05) is 129 Å².